The van der Waals surface area contributed by atoms with Crippen molar-refractivity contribution in [1.29, 1.82) is 0 Å². The summed E-state index contributed by atoms with van der Waals surface area (Å²) >= 11 is 7.38. The molecule has 1 amide bonds. The first-order valence-electron chi connectivity index (χ1n) is 13.7. The Bertz CT molecular complexity index is 1630. The monoisotopic (exact) mass is 590 g/mol. The molecule has 1 fully saturated rings. The van der Waals surface area contributed by atoms with Gasteiger partial charge in [0.1, 0.15) is 5.76 Å². The van der Waals surface area contributed by atoms with Crippen LogP contribution in [0, 0.1) is 6.92 Å². The van der Waals surface area contributed by atoms with Crippen LogP contribution in [0.1, 0.15) is 55.8 Å². The molecule has 1 aliphatic rings. The highest BCUT2D eigenvalue weighted by Crippen LogP contribution is 2.46. The zero-order valence-corrected chi connectivity index (χ0v) is 24.7. The van der Waals surface area contributed by atoms with Gasteiger partial charge in [0.15, 0.2) is 16.6 Å². The number of hydrogen-bond donors (Lipinski definition) is 1. The summed E-state index contributed by atoms with van der Waals surface area (Å²) in [5, 5.41) is 12.3. The van der Waals surface area contributed by atoms with Gasteiger partial charge in [-0.3, -0.25) is 14.5 Å². The van der Waals surface area contributed by atoms with Gasteiger partial charge in [-0.15, -0.1) is 0 Å². The first-order chi connectivity index (χ1) is 19.8. The fraction of sp³-hybridized carbons (Fsp3) is 0.281. The number of ketones is 1. The van der Waals surface area contributed by atoms with Crippen LogP contribution in [0.15, 0.2) is 66.2 Å². The summed E-state index contributed by atoms with van der Waals surface area (Å²) in [5.74, 6) is -0.771. The minimum Gasteiger partial charge on any atom is -0.507 e. The van der Waals surface area contributed by atoms with E-state index in [1.165, 1.54) is 16.2 Å². The summed E-state index contributed by atoms with van der Waals surface area (Å²) in [7, 11) is 0. The normalized spacial score (nSPS) is 16.5. The Labute approximate surface area is 248 Å². The molecule has 1 aromatic heterocycles. The number of benzene rings is 3. The fourth-order valence-corrected chi connectivity index (χ4v) is 6.06. The molecule has 0 saturated carbocycles. The van der Waals surface area contributed by atoms with E-state index in [-0.39, 0.29) is 11.3 Å². The summed E-state index contributed by atoms with van der Waals surface area (Å²) < 4.78 is 12.8. The maximum atomic E-state index is 13.6. The Kier molecular flexibility index (Phi) is 8.61. The molecule has 0 radical (unpaired) electrons. The molecular weight excluding hydrogens is 560 g/mol. The fourth-order valence-electron chi connectivity index (χ4n) is 4.85. The van der Waals surface area contributed by atoms with E-state index >= 15 is 0 Å². The number of aryl methyl sites for hydroxylation is 1. The molecule has 2 heterocycles. The van der Waals surface area contributed by atoms with Crippen molar-refractivity contribution in [3.8, 4) is 11.5 Å². The number of aliphatic hydroxyl groups excluding tert-OH is 1. The zero-order valence-electron chi connectivity index (χ0n) is 23.1. The number of nitrogens with zero attached hydrogens (tertiary/aromatic N) is 2. The second kappa shape index (κ2) is 12.3. The zero-order chi connectivity index (χ0) is 29.1. The number of hydrogen-bond acceptors (Lipinski definition) is 7. The SMILES string of the molecule is CCCCCOc1ccc(C2/C(=C(\O)c3ccc(Cl)cc3)C(=O)C(=O)N2c2nc3ccc(C)cc3s2)cc1OCC. The van der Waals surface area contributed by atoms with E-state index in [0.717, 1.165) is 35.0 Å². The molecule has 4 aromatic rings. The van der Waals surface area contributed by atoms with Gasteiger partial charge < -0.3 is 14.6 Å². The number of rotatable bonds is 10. The van der Waals surface area contributed by atoms with Gasteiger partial charge in [0.2, 0.25) is 0 Å². The van der Waals surface area contributed by atoms with E-state index in [4.69, 9.17) is 26.1 Å². The summed E-state index contributed by atoms with van der Waals surface area (Å²) in [6.45, 7) is 6.94. The van der Waals surface area contributed by atoms with Gasteiger partial charge in [-0.2, -0.15) is 0 Å². The molecule has 0 spiro atoms. The molecule has 0 bridgehead atoms. The smallest absolute Gasteiger partial charge is 0.301 e. The van der Waals surface area contributed by atoms with Crippen molar-refractivity contribution in [3.63, 3.8) is 0 Å². The van der Waals surface area contributed by atoms with Crippen molar-refractivity contribution >= 4 is 55.7 Å². The topological polar surface area (TPSA) is 89.0 Å². The lowest BCUT2D eigenvalue weighted by molar-refractivity contribution is -0.132. The largest absolute Gasteiger partial charge is 0.507 e. The van der Waals surface area contributed by atoms with E-state index in [1.54, 1.807) is 42.5 Å². The van der Waals surface area contributed by atoms with Crippen molar-refractivity contribution in [2.75, 3.05) is 18.1 Å². The number of aromatic nitrogens is 1. The molecule has 1 saturated heterocycles. The summed E-state index contributed by atoms with van der Waals surface area (Å²) in [6, 6.07) is 16.7. The Morgan fingerprint density at radius 3 is 2.51 bits per heavy atom. The van der Waals surface area contributed by atoms with Gasteiger partial charge >= 0.3 is 5.91 Å². The molecule has 1 N–H and O–H groups in total. The number of thiazole rings is 1. The van der Waals surface area contributed by atoms with Crippen molar-refractivity contribution in [2.45, 2.75) is 46.1 Å². The molecule has 9 heteroatoms. The van der Waals surface area contributed by atoms with Gasteiger partial charge in [0.05, 0.1) is 35.0 Å². The van der Waals surface area contributed by atoms with E-state index < -0.39 is 17.7 Å². The highest BCUT2D eigenvalue weighted by molar-refractivity contribution is 7.22. The third-order valence-electron chi connectivity index (χ3n) is 6.89. The molecular formula is C32H31ClN2O5S. The minimum absolute atomic E-state index is 0.0354. The number of anilines is 1. The van der Waals surface area contributed by atoms with Crippen LogP contribution in [0.3, 0.4) is 0 Å². The van der Waals surface area contributed by atoms with Gasteiger partial charge in [0, 0.05) is 10.6 Å². The number of unbranched alkanes of at least 4 members (excludes halogenated alkanes) is 2. The Morgan fingerprint density at radius 2 is 1.78 bits per heavy atom. The molecule has 7 nitrogen and oxygen atoms in total. The second-order valence-corrected chi connectivity index (χ2v) is 11.3. The van der Waals surface area contributed by atoms with Crippen LogP contribution in [-0.4, -0.2) is 35.0 Å². The van der Waals surface area contributed by atoms with Crippen LogP contribution in [0.4, 0.5) is 5.13 Å². The number of halogens is 1. The van der Waals surface area contributed by atoms with Gasteiger partial charge in [0.25, 0.3) is 5.78 Å². The van der Waals surface area contributed by atoms with Crippen molar-refractivity contribution < 1.29 is 24.2 Å². The predicted octanol–water partition coefficient (Wildman–Crippen LogP) is 7.85. The standard InChI is InChI=1S/C32H31ClN2O5S/c1-4-6-7-16-40-24-15-11-21(18-25(24)39-5-2)28-27(29(36)20-9-12-22(33)13-10-20)30(37)31(38)35(28)32-34-23-14-8-19(3)17-26(23)41-32/h8-15,17-18,28,36H,4-7,16H2,1-3H3/b29-27+. The third-order valence-corrected chi connectivity index (χ3v) is 8.16. The van der Waals surface area contributed by atoms with Crippen LogP contribution in [-0.2, 0) is 9.59 Å². The average molecular weight is 591 g/mol. The Morgan fingerprint density at radius 1 is 1.00 bits per heavy atom. The number of carbonyl (C=O) groups excluding carboxylic acids is 2. The van der Waals surface area contributed by atoms with E-state index in [9.17, 15) is 14.7 Å². The second-order valence-electron chi connectivity index (χ2n) is 9.84. The van der Waals surface area contributed by atoms with Crippen LogP contribution in [0.5, 0.6) is 11.5 Å². The first-order valence-corrected chi connectivity index (χ1v) is 14.9. The molecule has 5 rings (SSSR count). The van der Waals surface area contributed by atoms with Crippen molar-refractivity contribution in [1.82, 2.24) is 4.98 Å². The van der Waals surface area contributed by atoms with Crippen LogP contribution in [0.2, 0.25) is 5.02 Å². The Hall–Kier alpha value is -3.88. The average Bonchev–Trinajstić information content (AvgIpc) is 3.49. The van der Waals surface area contributed by atoms with E-state index in [1.807, 2.05) is 32.0 Å². The maximum absolute atomic E-state index is 13.6. The number of aliphatic hydroxyl groups is 1. The van der Waals surface area contributed by atoms with Gasteiger partial charge in [-0.25, -0.2) is 4.98 Å². The lowest BCUT2D eigenvalue weighted by Crippen LogP contribution is -2.29. The van der Waals surface area contributed by atoms with Crippen LogP contribution in [0.25, 0.3) is 16.0 Å². The number of Topliss-reactive ketones (excluding diaryl/α,β-unsaturated/α-hetero) is 1. The van der Waals surface area contributed by atoms with E-state index in [2.05, 4.69) is 6.92 Å². The quantitative estimate of drug-likeness (QED) is 0.0875. The van der Waals surface area contributed by atoms with Crippen LogP contribution >= 0.6 is 22.9 Å². The highest BCUT2D eigenvalue weighted by atomic mass is 35.5. The Balaban J connectivity index is 1.66. The lowest BCUT2D eigenvalue weighted by atomic mass is 9.95. The van der Waals surface area contributed by atoms with Crippen LogP contribution < -0.4 is 14.4 Å². The van der Waals surface area contributed by atoms with E-state index in [0.29, 0.717) is 46.0 Å². The maximum Gasteiger partial charge on any atom is 0.301 e. The molecule has 41 heavy (non-hydrogen) atoms. The molecule has 0 aliphatic carbocycles. The molecule has 1 aliphatic heterocycles. The number of carbonyl (C=O) groups is 2. The highest BCUT2D eigenvalue weighted by Gasteiger charge is 2.48. The minimum atomic E-state index is -0.944. The summed E-state index contributed by atoms with van der Waals surface area (Å²) in [4.78, 5) is 33.3. The molecule has 212 valence electrons. The lowest BCUT2D eigenvalue weighted by Gasteiger charge is -2.24. The predicted molar refractivity (Wildman–Crippen MR) is 163 cm³/mol. The molecule has 1 atom stereocenters. The molecule has 1 unspecified atom stereocenters. The third kappa shape index (κ3) is 5.80. The van der Waals surface area contributed by atoms with Gasteiger partial charge in [-0.05, 0) is 79.9 Å². The first kappa shape index (κ1) is 28.6. The van der Waals surface area contributed by atoms with Crippen molar-refractivity contribution in [3.05, 3.63) is 87.9 Å². The van der Waals surface area contributed by atoms with Crippen molar-refractivity contribution in [2.24, 2.45) is 0 Å². The molecule has 3 aromatic carbocycles. The number of fused-ring (bicyclic) bond motifs is 1. The number of ether oxygens (including phenoxy) is 2. The summed E-state index contributed by atoms with van der Waals surface area (Å²) in [6.07, 6.45) is 3.06. The van der Waals surface area contributed by atoms with Gasteiger partial charge in [-0.1, -0.05) is 54.8 Å². The summed E-state index contributed by atoms with van der Waals surface area (Å²) in [5.41, 5.74) is 2.70. The number of amides is 1.